The van der Waals surface area contributed by atoms with E-state index >= 15 is 0 Å². The van der Waals surface area contributed by atoms with E-state index < -0.39 is 0 Å². The molecule has 0 bridgehead atoms. The van der Waals surface area contributed by atoms with Crippen LogP contribution in [0.25, 0.3) is 0 Å². The van der Waals surface area contributed by atoms with Crippen LogP contribution in [0, 0.1) is 0 Å². The van der Waals surface area contributed by atoms with Gasteiger partial charge in [-0.05, 0) is 12.5 Å². The van der Waals surface area contributed by atoms with Crippen LogP contribution in [0.4, 0.5) is 5.82 Å². The molecule has 1 atom stereocenters. The van der Waals surface area contributed by atoms with E-state index in [1.54, 1.807) is 6.20 Å². The number of aromatic nitrogens is 1. The minimum absolute atomic E-state index is 0.432. The SMILES string of the molecule is CN(c1ncccc1CCl)C1CCOC1. The van der Waals surface area contributed by atoms with Crippen molar-refractivity contribution >= 4 is 17.4 Å². The molecule has 0 radical (unpaired) electrons. The molecule has 0 aromatic carbocycles. The van der Waals surface area contributed by atoms with E-state index in [1.165, 1.54) is 0 Å². The largest absolute Gasteiger partial charge is 0.379 e. The third-order valence-corrected chi connectivity index (χ3v) is 3.09. The molecule has 0 spiro atoms. The van der Waals surface area contributed by atoms with Crippen molar-refractivity contribution in [3.8, 4) is 0 Å². The monoisotopic (exact) mass is 226 g/mol. The number of anilines is 1. The van der Waals surface area contributed by atoms with Gasteiger partial charge >= 0.3 is 0 Å². The first kappa shape index (κ1) is 10.7. The molecule has 1 aromatic heterocycles. The lowest BCUT2D eigenvalue weighted by molar-refractivity contribution is 0.193. The van der Waals surface area contributed by atoms with Gasteiger partial charge in [0.25, 0.3) is 0 Å². The van der Waals surface area contributed by atoms with Crippen LogP contribution in [-0.2, 0) is 10.6 Å². The molecule has 2 rings (SSSR count). The van der Waals surface area contributed by atoms with Gasteiger partial charge in [-0.1, -0.05) is 6.07 Å². The van der Waals surface area contributed by atoms with Crippen molar-refractivity contribution in [3.63, 3.8) is 0 Å². The topological polar surface area (TPSA) is 25.4 Å². The van der Waals surface area contributed by atoms with Crippen LogP contribution < -0.4 is 4.90 Å². The predicted octanol–water partition coefficient (Wildman–Crippen LogP) is 2.05. The van der Waals surface area contributed by atoms with Gasteiger partial charge in [0, 0.05) is 25.4 Å². The summed E-state index contributed by atoms with van der Waals surface area (Å²) in [7, 11) is 2.05. The molecule has 15 heavy (non-hydrogen) atoms. The van der Waals surface area contributed by atoms with Crippen molar-refractivity contribution < 1.29 is 4.74 Å². The summed E-state index contributed by atoms with van der Waals surface area (Å²) < 4.78 is 5.37. The minimum atomic E-state index is 0.432. The van der Waals surface area contributed by atoms with Crippen LogP contribution in [-0.4, -0.2) is 31.3 Å². The van der Waals surface area contributed by atoms with Gasteiger partial charge in [0.2, 0.25) is 0 Å². The standard InChI is InChI=1S/C11H15ClN2O/c1-14(10-4-6-15-8-10)11-9(7-12)3-2-5-13-11/h2-3,5,10H,4,6-8H2,1H3. The number of pyridine rings is 1. The number of ether oxygens (including phenoxy) is 1. The Kier molecular flexibility index (Phi) is 3.44. The molecule has 4 heteroatoms. The summed E-state index contributed by atoms with van der Waals surface area (Å²) in [6, 6.07) is 4.36. The highest BCUT2D eigenvalue weighted by atomic mass is 35.5. The summed E-state index contributed by atoms with van der Waals surface area (Å²) in [6.07, 6.45) is 2.87. The van der Waals surface area contributed by atoms with Gasteiger partial charge in [-0.25, -0.2) is 4.98 Å². The number of hydrogen-bond acceptors (Lipinski definition) is 3. The Hall–Kier alpha value is -0.800. The molecule has 3 nitrogen and oxygen atoms in total. The predicted molar refractivity (Wildman–Crippen MR) is 61.4 cm³/mol. The highest BCUT2D eigenvalue weighted by molar-refractivity contribution is 6.17. The van der Waals surface area contributed by atoms with E-state index in [0.29, 0.717) is 11.9 Å². The highest BCUT2D eigenvalue weighted by Crippen LogP contribution is 2.22. The number of halogens is 1. The third kappa shape index (κ3) is 2.24. The summed E-state index contributed by atoms with van der Waals surface area (Å²) in [5.41, 5.74) is 1.08. The van der Waals surface area contributed by atoms with Gasteiger partial charge in [0.05, 0.1) is 18.5 Å². The van der Waals surface area contributed by atoms with Gasteiger partial charge in [0.15, 0.2) is 0 Å². The lowest BCUT2D eigenvalue weighted by Gasteiger charge is -2.25. The average Bonchev–Trinajstić information content (AvgIpc) is 2.81. The molecule has 1 saturated heterocycles. The molecule has 1 unspecified atom stereocenters. The fourth-order valence-electron chi connectivity index (χ4n) is 1.85. The molecule has 1 aliphatic heterocycles. The normalized spacial score (nSPS) is 20.5. The van der Waals surface area contributed by atoms with E-state index in [9.17, 15) is 0 Å². The van der Waals surface area contributed by atoms with E-state index in [0.717, 1.165) is 31.0 Å². The first-order chi connectivity index (χ1) is 7.33. The second-order valence-corrected chi connectivity index (χ2v) is 4.02. The van der Waals surface area contributed by atoms with Gasteiger partial charge in [-0.3, -0.25) is 0 Å². The summed E-state index contributed by atoms with van der Waals surface area (Å²) in [6.45, 7) is 1.63. The van der Waals surface area contributed by atoms with E-state index in [1.807, 2.05) is 12.1 Å². The highest BCUT2D eigenvalue weighted by Gasteiger charge is 2.22. The van der Waals surface area contributed by atoms with Gasteiger partial charge in [-0.2, -0.15) is 0 Å². The molecule has 0 saturated carbocycles. The van der Waals surface area contributed by atoms with Crippen LogP contribution >= 0.6 is 11.6 Å². The van der Waals surface area contributed by atoms with Crippen LogP contribution in [0.15, 0.2) is 18.3 Å². The lowest BCUT2D eigenvalue weighted by Crippen LogP contribution is -2.33. The van der Waals surface area contributed by atoms with Gasteiger partial charge in [-0.15, -0.1) is 11.6 Å². The maximum absolute atomic E-state index is 5.88. The molecule has 1 fully saturated rings. The van der Waals surface area contributed by atoms with E-state index in [2.05, 4.69) is 16.9 Å². The molecule has 1 aliphatic rings. The fourth-order valence-corrected chi connectivity index (χ4v) is 2.06. The van der Waals surface area contributed by atoms with Crippen LogP contribution in [0.1, 0.15) is 12.0 Å². The van der Waals surface area contributed by atoms with Crippen molar-refractivity contribution in [3.05, 3.63) is 23.9 Å². The summed E-state index contributed by atoms with van der Waals surface area (Å²) in [5.74, 6) is 1.48. The zero-order chi connectivity index (χ0) is 10.7. The number of nitrogens with zero attached hydrogens (tertiary/aromatic N) is 2. The minimum Gasteiger partial charge on any atom is -0.379 e. The summed E-state index contributed by atoms with van der Waals surface area (Å²) in [4.78, 5) is 6.55. The summed E-state index contributed by atoms with van der Waals surface area (Å²) in [5, 5.41) is 0. The second-order valence-electron chi connectivity index (χ2n) is 3.75. The Labute approximate surface area is 95.0 Å². The fraction of sp³-hybridized carbons (Fsp3) is 0.545. The first-order valence-electron chi connectivity index (χ1n) is 5.13. The number of alkyl halides is 1. The lowest BCUT2D eigenvalue weighted by atomic mass is 10.2. The molecule has 0 N–H and O–H groups in total. The van der Waals surface area contributed by atoms with E-state index in [-0.39, 0.29) is 0 Å². The quantitative estimate of drug-likeness (QED) is 0.738. The maximum atomic E-state index is 5.88. The summed E-state index contributed by atoms with van der Waals surface area (Å²) >= 11 is 5.88. The van der Waals surface area contributed by atoms with Crippen LogP contribution in [0.5, 0.6) is 0 Å². The first-order valence-corrected chi connectivity index (χ1v) is 5.67. The Bertz CT molecular complexity index is 326. The number of likely N-dealkylation sites (N-methyl/N-ethyl adjacent to an activating group) is 1. The molecular weight excluding hydrogens is 212 g/mol. The van der Waals surface area contributed by atoms with Crippen molar-refractivity contribution in [2.24, 2.45) is 0 Å². The van der Waals surface area contributed by atoms with Crippen molar-refractivity contribution in [2.75, 3.05) is 25.2 Å². The van der Waals surface area contributed by atoms with Crippen molar-refractivity contribution in [1.29, 1.82) is 0 Å². The molecule has 0 aliphatic carbocycles. The Morgan fingerprint density at radius 3 is 3.20 bits per heavy atom. The smallest absolute Gasteiger partial charge is 0.132 e. The average molecular weight is 227 g/mol. The molecule has 1 aromatic rings. The van der Waals surface area contributed by atoms with Crippen molar-refractivity contribution in [2.45, 2.75) is 18.3 Å². The Balaban J connectivity index is 2.19. The number of rotatable bonds is 3. The molecule has 82 valence electrons. The number of hydrogen-bond donors (Lipinski definition) is 0. The second kappa shape index (κ2) is 4.81. The van der Waals surface area contributed by atoms with Crippen LogP contribution in [0.2, 0.25) is 0 Å². The molecular formula is C11H15ClN2O. The Morgan fingerprint density at radius 1 is 1.67 bits per heavy atom. The van der Waals surface area contributed by atoms with Gasteiger partial charge in [0.1, 0.15) is 5.82 Å². The third-order valence-electron chi connectivity index (χ3n) is 2.80. The van der Waals surface area contributed by atoms with Crippen LogP contribution in [0.3, 0.4) is 0 Å². The zero-order valence-corrected chi connectivity index (χ0v) is 9.57. The van der Waals surface area contributed by atoms with Crippen molar-refractivity contribution in [1.82, 2.24) is 4.98 Å². The molecule has 2 heterocycles. The maximum Gasteiger partial charge on any atom is 0.132 e. The van der Waals surface area contributed by atoms with E-state index in [4.69, 9.17) is 16.3 Å². The molecule has 0 amide bonds. The van der Waals surface area contributed by atoms with Gasteiger partial charge < -0.3 is 9.64 Å². The zero-order valence-electron chi connectivity index (χ0n) is 8.82. The Morgan fingerprint density at radius 2 is 2.53 bits per heavy atom.